The number of rotatable bonds is 6. The molecule has 1 aliphatic carbocycles. The van der Waals surface area contributed by atoms with Crippen LogP contribution in [0.15, 0.2) is 42.6 Å². The smallest absolute Gasteiger partial charge is 0.249 e. The maximum absolute atomic E-state index is 12.2. The van der Waals surface area contributed by atoms with Crippen molar-refractivity contribution < 1.29 is 14.6 Å². The number of ether oxygens (including phenoxy) is 1. The molecule has 1 aliphatic heterocycles. The number of hydrogen-bond acceptors (Lipinski definition) is 5. The number of phenolic OH excluding ortho intramolecular Hbond substituents is 1. The summed E-state index contributed by atoms with van der Waals surface area (Å²) in [5.74, 6) is 0.410. The van der Waals surface area contributed by atoms with Crippen LogP contribution in [0.4, 0.5) is 0 Å². The van der Waals surface area contributed by atoms with Crippen LogP contribution in [0.25, 0.3) is 10.9 Å². The number of aromatic hydroxyl groups is 1. The molecule has 1 saturated heterocycles. The number of likely N-dealkylation sites (N-methyl/N-ethyl adjacent to an activating group) is 1. The molecular weight excluding hydrogens is 390 g/mol. The molecule has 3 aromatic rings. The highest BCUT2D eigenvalue weighted by molar-refractivity contribution is 5.95. The van der Waals surface area contributed by atoms with E-state index in [1.165, 1.54) is 0 Å². The third kappa shape index (κ3) is 3.31. The number of phenols is 1. The number of nitrogens with zero attached hydrogens (tertiary/aromatic N) is 2. The highest BCUT2D eigenvalue weighted by Gasteiger charge is 2.48. The molecule has 0 radical (unpaired) electrons. The summed E-state index contributed by atoms with van der Waals surface area (Å²) in [6.07, 6.45) is 4.69. The maximum Gasteiger partial charge on any atom is 0.249 e. The van der Waals surface area contributed by atoms with E-state index in [-0.39, 0.29) is 11.2 Å². The lowest BCUT2D eigenvalue weighted by Crippen LogP contribution is -2.48. The van der Waals surface area contributed by atoms with Crippen molar-refractivity contribution in [2.45, 2.75) is 37.6 Å². The lowest BCUT2D eigenvalue weighted by atomic mass is 9.81. The first-order valence-electron chi connectivity index (χ1n) is 10.8. The minimum Gasteiger partial charge on any atom is -0.508 e. The van der Waals surface area contributed by atoms with Crippen LogP contribution in [0.2, 0.25) is 0 Å². The van der Waals surface area contributed by atoms with Gasteiger partial charge in [0, 0.05) is 34.7 Å². The Balaban J connectivity index is 1.61. The molecule has 2 aromatic carbocycles. The summed E-state index contributed by atoms with van der Waals surface area (Å²) in [6.45, 7) is 3.62. The average Bonchev–Trinajstić information content (AvgIpc) is 3.54. The van der Waals surface area contributed by atoms with Crippen molar-refractivity contribution in [2.75, 3.05) is 20.2 Å². The molecule has 0 spiro atoms. The van der Waals surface area contributed by atoms with Crippen molar-refractivity contribution in [2.24, 2.45) is 5.73 Å². The second-order valence-electron chi connectivity index (χ2n) is 8.89. The highest BCUT2D eigenvalue weighted by Crippen LogP contribution is 2.57. The fourth-order valence-corrected chi connectivity index (χ4v) is 4.87. The van der Waals surface area contributed by atoms with Gasteiger partial charge in [-0.05, 0) is 80.7 Å². The van der Waals surface area contributed by atoms with Crippen LogP contribution in [0, 0.1) is 6.92 Å². The lowest BCUT2D eigenvalue weighted by molar-refractivity contribution is 0.0767. The van der Waals surface area contributed by atoms with E-state index < -0.39 is 5.91 Å². The van der Waals surface area contributed by atoms with E-state index >= 15 is 0 Å². The Bertz CT molecular complexity index is 1190. The number of nitrogens with two attached hydrogens (primary N) is 1. The van der Waals surface area contributed by atoms with E-state index in [0.29, 0.717) is 24.0 Å². The predicted octanol–water partition coefficient (Wildman–Crippen LogP) is 3.51. The molecule has 6 nitrogen and oxygen atoms in total. The molecule has 3 N–H and O–H groups in total. The van der Waals surface area contributed by atoms with E-state index in [4.69, 9.17) is 10.5 Å². The SMILES string of the molecule is Cc1c(C(N)=O)cc(OCC2CCN2C)cc1C1(c2cc(O)cc3ncccc23)CC1. The van der Waals surface area contributed by atoms with Crippen LogP contribution in [0.1, 0.15) is 46.3 Å². The number of fused-ring (bicyclic) bond motifs is 1. The number of carbonyl (C=O) groups excluding carboxylic acids is 1. The molecule has 2 aliphatic rings. The van der Waals surface area contributed by atoms with Gasteiger partial charge in [0.25, 0.3) is 0 Å². The number of primary amides is 1. The average molecular weight is 418 g/mol. The number of aromatic nitrogens is 1. The van der Waals surface area contributed by atoms with Crippen LogP contribution in [-0.4, -0.2) is 47.1 Å². The second kappa shape index (κ2) is 7.24. The first-order chi connectivity index (χ1) is 14.9. The van der Waals surface area contributed by atoms with Crippen molar-refractivity contribution in [3.05, 3.63) is 64.8 Å². The minimum absolute atomic E-state index is 0.195. The van der Waals surface area contributed by atoms with E-state index in [0.717, 1.165) is 53.4 Å². The summed E-state index contributed by atoms with van der Waals surface area (Å²) >= 11 is 0. The van der Waals surface area contributed by atoms with E-state index in [1.807, 2.05) is 25.1 Å². The number of pyridine rings is 1. The van der Waals surface area contributed by atoms with Gasteiger partial charge >= 0.3 is 0 Å². The topological polar surface area (TPSA) is 88.7 Å². The Morgan fingerprint density at radius 1 is 1.29 bits per heavy atom. The molecule has 0 bridgehead atoms. The zero-order valence-electron chi connectivity index (χ0n) is 17.9. The van der Waals surface area contributed by atoms with Gasteiger partial charge in [-0.3, -0.25) is 14.7 Å². The first kappa shape index (κ1) is 19.8. The zero-order valence-corrected chi connectivity index (χ0v) is 17.9. The van der Waals surface area contributed by atoms with Gasteiger partial charge in [0.05, 0.1) is 5.52 Å². The van der Waals surface area contributed by atoms with E-state index in [2.05, 4.69) is 23.0 Å². The number of amides is 1. The molecule has 6 heteroatoms. The third-order valence-corrected chi connectivity index (χ3v) is 7.01. The molecular formula is C25H27N3O3. The number of carbonyl (C=O) groups is 1. The van der Waals surface area contributed by atoms with Crippen LogP contribution < -0.4 is 10.5 Å². The standard InChI is InChI=1S/C25H27N3O3/c1-15-20(24(26)30)12-18(31-14-16-5-9-28(16)2)13-21(15)25(6-7-25)22-10-17(29)11-23-19(22)4-3-8-27-23/h3-4,8,10-13,16,29H,5-7,9,14H2,1-2H3,(H2,26,30). The van der Waals surface area contributed by atoms with Gasteiger partial charge in [-0.1, -0.05) is 6.07 Å². The van der Waals surface area contributed by atoms with Gasteiger partial charge in [0.1, 0.15) is 18.1 Å². The highest BCUT2D eigenvalue weighted by atomic mass is 16.5. The summed E-state index contributed by atoms with van der Waals surface area (Å²) in [6, 6.07) is 11.7. The van der Waals surface area contributed by atoms with Gasteiger partial charge < -0.3 is 15.6 Å². The second-order valence-corrected chi connectivity index (χ2v) is 8.89. The molecule has 160 valence electrons. The van der Waals surface area contributed by atoms with Crippen LogP contribution in [0.5, 0.6) is 11.5 Å². The summed E-state index contributed by atoms with van der Waals surface area (Å²) in [5, 5.41) is 11.4. The Kier molecular flexibility index (Phi) is 4.63. The molecule has 1 unspecified atom stereocenters. The zero-order chi connectivity index (χ0) is 21.8. The molecule has 1 atom stereocenters. The number of likely N-dealkylation sites (tertiary alicyclic amines) is 1. The van der Waals surface area contributed by atoms with Gasteiger partial charge in [-0.15, -0.1) is 0 Å². The molecule has 1 amide bonds. The van der Waals surface area contributed by atoms with Crippen molar-refractivity contribution in [1.82, 2.24) is 9.88 Å². The molecule has 31 heavy (non-hydrogen) atoms. The fourth-order valence-electron chi connectivity index (χ4n) is 4.87. The quantitative estimate of drug-likeness (QED) is 0.641. The van der Waals surface area contributed by atoms with Crippen LogP contribution in [-0.2, 0) is 5.41 Å². The summed E-state index contributed by atoms with van der Waals surface area (Å²) in [7, 11) is 2.09. The minimum atomic E-state index is -0.455. The molecule has 2 heterocycles. The fraction of sp³-hybridized carbons (Fsp3) is 0.360. The molecule has 1 saturated carbocycles. The number of benzene rings is 2. The van der Waals surface area contributed by atoms with Crippen molar-refractivity contribution >= 4 is 16.8 Å². The Morgan fingerprint density at radius 2 is 2.10 bits per heavy atom. The molecule has 2 fully saturated rings. The molecule has 5 rings (SSSR count). The van der Waals surface area contributed by atoms with Gasteiger partial charge in [-0.25, -0.2) is 0 Å². The summed E-state index contributed by atoms with van der Waals surface area (Å²) in [5.41, 5.74) is 9.64. The first-order valence-corrected chi connectivity index (χ1v) is 10.8. The van der Waals surface area contributed by atoms with Gasteiger partial charge in [0.15, 0.2) is 0 Å². The normalized spacial score (nSPS) is 19.7. The van der Waals surface area contributed by atoms with Gasteiger partial charge in [-0.2, -0.15) is 0 Å². The van der Waals surface area contributed by atoms with E-state index in [9.17, 15) is 9.90 Å². The Labute approximate surface area is 181 Å². The van der Waals surface area contributed by atoms with Crippen molar-refractivity contribution in [3.63, 3.8) is 0 Å². The number of hydrogen-bond donors (Lipinski definition) is 2. The van der Waals surface area contributed by atoms with Crippen LogP contribution in [0.3, 0.4) is 0 Å². The van der Waals surface area contributed by atoms with Crippen molar-refractivity contribution in [1.29, 1.82) is 0 Å². The predicted molar refractivity (Wildman–Crippen MR) is 120 cm³/mol. The molecule has 1 aromatic heterocycles. The van der Waals surface area contributed by atoms with Crippen LogP contribution >= 0.6 is 0 Å². The Morgan fingerprint density at radius 3 is 2.74 bits per heavy atom. The summed E-state index contributed by atoms with van der Waals surface area (Å²) in [4.78, 5) is 18.9. The third-order valence-electron chi connectivity index (χ3n) is 7.01. The Hall–Kier alpha value is -3.12. The summed E-state index contributed by atoms with van der Waals surface area (Å²) < 4.78 is 6.13. The largest absolute Gasteiger partial charge is 0.508 e. The van der Waals surface area contributed by atoms with Gasteiger partial charge in [0.2, 0.25) is 5.91 Å². The maximum atomic E-state index is 12.2. The lowest BCUT2D eigenvalue weighted by Gasteiger charge is -2.37. The van der Waals surface area contributed by atoms with Crippen molar-refractivity contribution in [3.8, 4) is 11.5 Å². The monoisotopic (exact) mass is 417 g/mol. The van der Waals surface area contributed by atoms with E-state index in [1.54, 1.807) is 18.3 Å².